The summed E-state index contributed by atoms with van der Waals surface area (Å²) in [6.07, 6.45) is 2.42. The smallest absolute Gasteiger partial charge is 0.308 e. The molecule has 0 amide bonds. The van der Waals surface area contributed by atoms with Gasteiger partial charge in [0.05, 0.1) is 0 Å². The molecule has 2 rings (SSSR count). The summed E-state index contributed by atoms with van der Waals surface area (Å²) in [5.41, 5.74) is 4.99. The van der Waals surface area contributed by atoms with E-state index in [1.54, 1.807) is 0 Å². The van der Waals surface area contributed by atoms with Crippen LogP contribution in [0, 0.1) is 6.92 Å². The Hall–Kier alpha value is -1.57. The fourth-order valence-corrected chi connectivity index (χ4v) is 1.74. The second-order valence-corrected chi connectivity index (χ2v) is 4.30. The third kappa shape index (κ3) is 2.32. The van der Waals surface area contributed by atoms with Crippen LogP contribution in [-0.2, 0) is 4.79 Å². The van der Waals surface area contributed by atoms with Crippen LogP contribution in [0.3, 0.4) is 0 Å². The van der Waals surface area contributed by atoms with Gasteiger partial charge in [0.15, 0.2) is 0 Å². The molecule has 1 aromatic rings. The number of carbonyl (C=O) groups excluding carboxylic acids is 1. The number of benzene rings is 1. The van der Waals surface area contributed by atoms with E-state index in [-0.39, 0.29) is 5.97 Å². The van der Waals surface area contributed by atoms with Gasteiger partial charge in [0, 0.05) is 6.92 Å². The molecular formula is C14H16O2. The molecule has 2 heteroatoms. The number of hydrogen-bond donors (Lipinski definition) is 0. The van der Waals surface area contributed by atoms with Crippen LogP contribution in [-0.4, -0.2) is 5.97 Å². The molecule has 1 saturated carbocycles. The Morgan fingerprint density at radius 3 is 2.50 bits per heavy atom. The van der Waals surface area contributed by atoms with Crippen LogP contribution < -0.4 is 4.74 Å². The highest BCUT2D eigenvalue weighted by atomic mass is 16.5. The highest BCUT2D eigenvalue weighted by molar-refractivity contribution is 5.73. The third-order valence-electron chi connectivity index (χ3n) is 2.91. The van der Waals surface area contributed by atoms with Gasteiger partial charge in [-0.25, -0.2) is 0 Å². The first-order valence-corrected chi connectivity index (χ1v) is 5.56. The lowest BCUT2D eigenvalue weighted by Crippen LogP contribution is -2.03. The molecule has 84 valence electrons. The van der Waals surface area contributed by atoms with Crippen molar-refractivity contribution in [2.75, 3.05) is 0 Å². The number of allylic oxidation sites excluding steroid dienone is 2. The first kappa shape index (κ1) is 10.9. The Morgan fingerprint density at radius 2 is 1.94 bits per heavy atom. The van der Waals surface area contributed by atoms with Crippen LogP contribution in [0.5, 0.6) is 5.75 Å². The number of ether oxygens (including phenoxy) is 1. The van der Waals surface area contributed by atoms with Gasteiger partial charge in [-0.2, -0.15) is 0 Å². The zero-order valence-corrected chi connectivity index (χ0v) is 9.96. The maximum absolute atomic E-state index is 11.0. The highest BCUT2D eigenvalue weighted by Gasteiger charge is 2.16. The molecule has 0 unspecified atom stereocenters. The largest absolute Gasteiger partial charge is 0.426 e. The lowest BCUT2D eigenvalue weighted by Gasteiger charge is -2.08. The first-order chi connectivity index (χ1) is 7.58. The van der Waals surface area contributed by atoms with Crippen LogP contribution in [0.4, 0.5) is 0 Å². The minimum Gasteiger partial charge on any atom is -0.426 e. The molecule has 0 N–H and O–H groups in total. The molecule has 0 aromatic heterocycles. The van der Waals surface area contributed by atoms with Crippen molar-refractivity contribution in [1.82, 2.24) is 0 Å². The van der Waals surface area contributed by atoms with Crippen LogP contribution in [0.2, 0.25) is 0 Å². The summed E-state index contributed by atoms with van der Waals surface area (Å²) in [5, 5.41) is 0. The molecule has 1 aliphatic rings. The van der Waals surface area contributed by atoms with Gasteiger partial charge in [0.2, 0.25) is 0 Å². The van der Waals surface area contributed by atoms with Crippen molar-refractivity contribution in [3.63, 3.8) is 0 Å². The van der Waals surface area contributed by atoms with Crippen molar-refractivity contribution >= 4 is 11.5 Å². The fraction of sp³-hybridized carbons (Fsp3) is 0.357. The number of carbonyl (C=O) groups is 1. The molecule has 2 nitrogen and oxygen atoms in total. The van der Waals surface area contributed by atoms with Crippen molar-refractivity contribution in [3.8, 4) is 5.75 Å². The Kier molecular flexibility index (Phi) is 2.82. The first-order valence-electron chi connectivity index (χ1n) is 5.56. The molecule has 0 radical (unpaired) electrons. The topological polar surface area (TPSA) is 26.3 Å². The number of esters is 1. The summed E-state index contributed by atoms with van der Waals surface area (Å²) in [6, 6.07) is 6.04. The molecule has 0 atom stereocenters. The molecule has 0 spiro atoms. The summed E-state index contributed by atoms with van der Waals surface area (Å²) in [7, 11) is 0. The molecule has 0 heterocycles. The van der Waals surface area contributed by atoms with E-state index in [4.69, 9.17) is 4.74 Å². The zero-order valence-electron chi connectivity index (χ0n) is 9.96. The van der Waals surface area contributed by atoms with Crippen LogP contribution >= 0.6 is 0 Å². The highest BCUT2D eigenvalue weighted by Crippen LogP contribution is 2.37. The Bertz CT molecular complexity index is 464. The maximum atomic E-state index is 11.0. The van der Waals surface area contributed by atoms with E-state index in [1.165, 1.54) is 30.9 Å². The van der Waals surface area contributed by atoms with E-state index in [1.807, 2.05) is 19.1 Å². The summed E-state index contributed by atoms with van der Waals surface area (Å²) >= 11 is 0. The van der Waals surface area contributed by atoms with Crippen LogP contribution in [0.25, 0.3) is 5.57 Å². The molecular weight excluding hydrogens is 200 g/mol. The summed E-state index contributed by atoms with van der Waals surface area (Å²) < 4.78 is 5.17. The molecule has 0 saturated heterocycles. The van der Waals surface area contributed by atoms with Crippen molar-refractivity contribution in [3.05, 3.63) is 34.9 Å². The van der Waals surface area contributed by atoms with Gasteiger partial charge in [0.25, 0.3) is 0 Å². The van der Waals surface area contributed by atoms with Crippen LogP contribution in [0.1, 0.15) is 37.8 Å². The normalized spacial score (nSPS) is 13.6. The SMILES string of the molecule is CC(=O)Oc1cc(C(C)=C2CC2)ccc1C. The van der Waals surface area contributed by atoms with Crippen molar-refractivity contribution < 1.29 is 9.53 Å². The average molecular weight is 216 g/mol. The van der Waals surface area contributed by atoms with Gasteiger partial charge < -0.3 is 4.74 Å². The lowest BCUT2D eigenvalue weighted by molar-refractivity contribution is -0.131. The molecule has 16 heavy (non-hydrogen) atoms. The summed E-state index contributed by atoms with van der Waals surface area (Å²) in [4.78, 5) is 11.0. The van der Waals surface area contributed by atoms with E-state index in [0.29, 0.717) is 5.75 Å². The van der Waals surface area contributed by atoms with E-state index in [0.717, 1.165) is 11.1 Å². The Morgan fingerprint density at radius 1 is 1.25 bits per heavy atom. The third-order valence-corrected chi connectivity index (χ3v) is 2.91. The van der Waals surface area contributed by atoms with Gasteiger partial charge in [-0.1, -0.05) is 17.7 Å². The Labute approximate surface area is 95.9 Å². The van der Waals surface area contributed by atoms with E-state index in [2.05, 4.69) is 13.0 Å². The second-order valence-electron chi connectivity index (χ2n) is 4.30. The monoisotopic (exact) mass is 216 g/mol. The van der Waals surface area contributed by atoms with Gasteiger partial charge in [-0.05, 0) is 49.5 Å². The molecule has 0 bridgehead atoms. The fourth-order valence-electron chi connectivity index (χ4n) is 1.74. The number of hydrogen-bond acceptors (Lipinski definition) is 2. The molecule has 1 aliphatic carbocycles. The summed E-state index contributed by atoms with van der Waals surface area (Å²) in [6.45, 7) is 5.50. The zero-order chi connectivity index (χ0) is 11.7. The lowest BCUT2D eigenvalue weighted by atomic mass is 10.0. The van der Waals surface area contributed by atoms with Crippen molar-refractivity contribution in [2.45, 2.75) is 33.6 Å². The average Bonchev–Trinajstić information content (AvgIpc) is 3.03. The maximum Gasteiger partial charge on any atom is 0.308 e. The predicted octanol–water partition coefficient (Wildman–Crippen LogP) is 3.49. The minimum absolute atomic E-state index is 0.267. The minimum atomic E-state index is -0.267. The van der Waals surface area contributed by atoms with Gasteiger partial charge >= 0.3 is 5.97 Å². The van der Waals surface area contributed by atoms with E-state index >= 15 is 0 Å². The predicted molar refractivity (Wildman–Crippen MR) is 64.3 cm³/mol. The number of rotatable bonds is 2. The van der Waals surface area contributed by atoms with Gasteiger partial charge in [0.1, 0.15) is 5.75 Å². The van der Waals surface area contributed by atoms with Crippen molar-refractivity contribution in [1.29, 1.82) is 0 Å². The van der Waals surface area contributed by atoms with Crippen molar-refractivity contribution in [2.24, 2.45) is 0 Å². The van der Waals surface area contributed by atoms with E-state index in [9.17, 15) is 4.79 Å². The molecule has 1 aromatic carbocycles. The standard InChI is InChI=1S/C14H16O2/c1-9-4-5-13(10(2)12-6-7-12)8-14(9)16-11(3)15/h4-5,8H,6-7H2,1-3H3. The van der Waals surface area contributed by atoms with Gasteiger partial charge in [-0.15, -0.1) is 0 Å². The van der Waals surface area contributed by atoms with Crippen LogP contribution in [0.15, 0.2) is 23.8 Å². The quantitative estimate of drug-likeness (QED) is 0.558. The molecule has 0 aliphatic heterocycles. The van der Waals surface area contributed by atoms with E-state index < -0.39 is 0 Å². The summed E-state index contributed by atoms with van der Waals surface area (Å²) in [5.74, 6) is 0.405. The number of aryl methyl sites for hydroxylation is 1. The molecule has 1 fully saturated rings. The second kappa shape index (κ2) is 4.12. The van der Waals surface area contributed by atoms with Gasteiger partial charge in [-0.3, -0.25) is 4.79 Å². The Balaban J connectivity index is 2.35.